The highest BCUT2D eigenvalue weighted by molar-refractivity contribution is 6.28. The second-order valence-electron chi connectivity index (χ2n) is 4.17. The van der Waals surface area contributed by atoms with Gasteiger partial charge in [-0.05, 0) is 42.8 Å². The van der Waals surface area contributed by atoms with Crippen molar-refractivity contribution >= 4 is 34.1 Å². The van der Waals surface area contributed by atoms with Crippen molar-refractivity contribution in [2.45, 2.75) is 6.92 Å². The number of hydrogen-bond donors (Lipinski definition) is 1. The molecule has 5 nitrogen and oxygen atoms in total. The summed E-state index contributed by atoms with van der Waals surface area (Å²) in [6, 6.07) is 6.21. The fourth-order valence-electron chi connectivity index (χ4n) is 2.07. The van der Waals surface area contributed by atoms with E-state index in [2.05, 4.69) is 20.2 Å². The first-order chi connectivity index (χ1) is 9.69. The molecule has 0 radical (unpaired) electrons. The van der Waals surface area contributed by atoms with Crippen molar-refractivity contribution in [2.75, 3.05) is 11.4 Å². The number of halogens is 2. The van der Waals surface area contributed by atoms with Gasteiger partial charge in [-0.1, -0.05) is 0 Å². The highest BCUT2D eigenvalue weighted by Gasteiger charge is 2.15. The van der Waals surface area contributed by atoms with Gasteiger partial charge >= 0.3 is 0 Å². The molecule has 20 heavy (non-hydrogen) atoms. The minimum atomic E-state index is -0.279. The van der Waals surface area contributed by atoms with Gasteiger partial charge in [0.15, 0.2) is 5.65 Å². The lowest BCUT2D eigenvalue weighted by Crippen LogP contribution is -2.18. The molecule has 3 rings (SSSR count). The van der Waals surface area contributed by atoms with Crippen LogP contribution in [-0.2, 0) is 0 Å². The number of rotatable bonds is 3. The fourth-order valence-corrected chi connectivity index (χ4v) is 2.24. The number of nitrogens with one attached hydrogen (secondary N) is 1. The van der Waals surface area contributed by atoms with Crippen LogP contribution in [0, 0.1) is 5.82 Å². The van der Waals surface area contributed by atoms with Crippen LogP contribution in [0.1, 0.15) is 6.92 Å². The quantitative estimate of drug-likeness (QED) is 0.752. The summed E-state index contributed by atoms with van der Waals surface area (Å²) >= 11 is 5.94. The van der Waals surface area contributed by atoms with Gasteiger partial charge in [0.25, 0.3) is 0 Å². The molecule has 0 spiro atoms. The lowest BCUT2D eigenvalue weighted by molar-refractivity contribution is 0.628. The van der Waals surface area contributed by atoms with E-state index in [0.29, 0.717) is 18.0 Å². The van der Waals surface area contributed by atoms with Crippen molar-refractivity contribution in [3.63, 3.8) is 0 Å². The molecule has 0 aliphatic rings. The first-order valence-corrected chi connectivity index (χ1v) is 6.46. The summed E-state index contributed by atoms with van der Waals surface area (Å²) in [4.78, 5) is 10.3. The molecule has 0 atom stereocenters. The number of benzene rings is 1. The standard InChI is InChI=1S/C13H11ClFN5/c1-2-20(9-5-3-8(15)4-6-9)12-10-7-16-19-11(10)17-13(14)18-12/h3-7H,2H2,1H3,(H,16,17,18,19). The number of aromatic nitrogens is 4. The third kappa shape index (κ3) is 2.18. The summed E-state index contributed by atoms with van der Waals surface area (Å²) in [7, 11) is 0. The predicted octanol–water partition coefficient (Wildman–Crippen LogP) is 3.30. The van der Waals surface area contributed by atoms with E-state index in [1.807, 2.05) is 11.8 Å². The van der Waals surface area contributed by atoms with Crippen LogP contribution in [0.2, 0.25) is 5.28 Å². The molecule has 0 saturated carbocycles. The monoisotopic (exact) mass is 291 g/mol. The van der Waals surface area contributed by atoms with E-state index in [1.54, 1.807) is 18.3 Å². The second-order valence-corrected chi connectivity index (χ2v) is 4.51. The van der Waals surface area contributed by atoms with Gasteiger partial charge in [-0.15, -0.1) is 0 Å². The molecule has 2 aromatic heterocycles. The minimum absolute atomic E-state index is 0.136. The average Bonchev–Trinajstić information content (AvgIpc) is 2.89. The van der Waals surface area contributed by atoms with Crippen LogP contribution in [0.5, 0.6) is 0 Å². The van der Waals surface area contributed by atoms with Crippen LogP contribution in [0.15, 0.2) is 30.5 Å². The largest absolute Gasteiger partial charge is 0.326 e. The molecule has 0 bridgehead atoms. The molecule has 0 saturated heterocycles. The number of hydrogen-bond acceptors (Lipinski definition) is 4. The van der Waals surface area contributed by atoms with Gasteiger partial charge in [0.1, 0.15) is 11.6 Å². The van der Waals surface area contributed by atoms with E-state index < -0.39 is 0 Å². The zero-order valence-corrected chi connectivity index (χ0v) is 11.4. The van der Waals surface area contributed by atoms with Gasteiger partial charge in [-0.3, -0.25) is 5.10 Å². The summed E-state index contributed by atoms with van der Waals surface area (Å²) in [6.45, 7) is 2.63. The van der Waals surface area contributed by atoms with Crippen LogP contribution in [0.4, 0.5) is 15.9 Å². The van der Waals surface area contributed by atoms with Crippen molar-refractivity contribution in [3.05, 3.63) is 41.6 Å². The summed E-state index contributed by atoms with van der Waals surface area (Å²) in [5.41, 5.74) is 1.40. The minimum Gasteiger partial charge on any atom is -0.326 e. The van der Waals surface area contributed by atoms with Crippen molar-refractivity contribution in [1.82, 2.24) is 20.2 Å². The van der Waals surface area contributed by atoms with Gasteiger partial charge in [-0.2, -0.15) is 15.1 Å². The molecule has 3 aromatic rings. The Bertz CT molecular complexity index is 740. The maximum atomic E-state index is 13.0. The molecular formula is C13H11ClFN5. The highest BCUT2D eigenvalue weighted by atomic mass is 35.5. The molecule has 0 aliphatic heterocycles. The summed E-state index contributed by atoms with van der Waals surface area (Å²) in [5.74, 6) is 0.363. The smallest absolute Gasteiger partial charge is 0.226 e. The fraction of sp³-hybridized carbons (Fsp3) is 0.154. The van der Waals surface area contributed by atoms with Crippen molar-refractivity contribution < 1.29 is 4.39 Å². The van der Waals surface area contributed by atoms with Crippen LogP contribution < -0.4 is 4.90 Å². The van der Waals surface area contributed by atoms with E-state index in [0.717, 1.165) is 11.1 Å². The first-order valence-electron chi connectivity index (χ1n) is 6.08. The molecule has 1 aromatic carbocycles. The van der Waals surface area contributed by atoms with Crippen molar-refractivity contribution in [3.8, 4) is 0 Å². The molecule has 0 aliphatic carbocycles. The third-order valence-corrected chi connectivity index (χ3v) is 3.14. The Kier molecular flexibility index (Phi) is 3.23. The summed E-state index contributed by atoms with van der Waals surface area (Å²) < 4.78 is 13.0. The van der Waals surface area contributed by atoms with Crippen molar-refractivity contribution in [1.29, 1.82) is 0 Å². The molecule has 7 heteroatoms. The van der Waals surface area contributed by atoms with Gasteiger partial charge in [-0.25, -0.2) is 4.39 Å². The lowest BCUT2D eigenvalue weighted by atomic mass is 10.2. The number of anilines is 2. The molecule has 0 fully saturated rings. The van der Waals surface area contributed by atoms with Crippen LogP contribution in [-0.4, -0.2) is 26.7 Å². The van der Waals surface area contributed by atoms with Gasteiger partial charge < -0.3 is 4.90 Å². The van der Waals surface area contributed by atoms with Crippen LogP contribution >= 0.6 is 11.6 Å². The summed E-state index contributed by atoms with van der Waals surface area (Å²) in [5, 5.41) is 7.62. The van der Waals surface area contributed by atoms with Crippen LogP contribution in [0.25, 0.3) is 11.0 Å². The molecule has 0 amide bonds. The number of H-pyrrole nitrogens is 1. The lowest BCUT2D eigenvalue weighted by Gasteiger charge is -2.22. The Hall–Kier alpha value is -2.21. The maximum Gasteiger partial charge on any atom is 0.226 e. The van der Waals surface area contributed by atoms with Gasteiger partial charge in [0.05, 0.1) is 11.6 Å². The number of nitrogens with zero attached hydrogens (tertiary/aromatic N) is 4. The zero-order valence-electron chi connectivity index (χ0n) is 10.6. The normalized spacial score (nSPS) is 10.9. The Labute approximate surface area is 119 Å². The number of aromatic amines is 1. The molecule has 0 unspecified atom stereocenters. The summed E-state index contributed by atoms with van der Waals surface area (Å²) in [6.07, 6.45) is 1.65. The van der Waals surface area contributed by atoms with E-state index in [1.165, 1.54) is 12.1 Å². The topological polar surface area (TPSA) is 57.7 Å². The highest BCUT2D eigenvalue weighted by Crippen LogP contribution is 2.29. The third-order valence-electron chi connectivity index (χ3n) is 2.97. The zero-order chi connectivity index (χ0) is 14.1. The Balaban J connectivity index is 2.16. The van der Waals surface area contributed by atoms with Crippen molar-refractivity contribution in [2.24, 2.45) is 0 Å². The molecule has 2 heterocycles. The van der Waals surface area contributed by atoms with E-state index in [4.69, 9.17) is 11.6 Å². The molecule has 102 valence electrons. The van der Waals surface area contributed by atoms with Crippen LogP contribution in [0.3, 0.4) is 0 Å². The first kappa shape index (κ1) is 12.8. The predicted molar refractivity (Wildman–Crippen MR) is 75.8 cm³/mol. The van der Waals surface area contributed by atoms with E-state index >= 15 is 0 Å². The number of fused-ring (bicyclic) bond motifs is 1. The average molecular weight is 292 g/mol. The molecule has 1 N–H and O–H groups in total. The molecular weight excluding hydrogens is 281 g/mol. The Morgan fingerprint density at radius 2 is 2.00 bits per heavy atom. The van der Waals surface area contributed by atoms with Gasteiger partial charge in [0, 0.05) is 12.2 Å². The maximum absolute atomic E-state index is 13.0. The van der Waals surface area contributed by atoms with Gasteiger partial charge in [0.2, 0.25) is 5.28 Å². The van der Waals surface area contributed by atoms with E-state index in [-0.39, 0.29) is 11.1 Å². The van der Waals surface area contributed by atoms with E-state index in [9.17, 15) is 4.39 Å². The SMILES string of the molecule is CCN(c1ccc(F)cc1)c1nc(Cl)nc2[nH]ncc12. The second kappa shape index (κ2) is 5.05. The Morgan fingerprint density at radius 1 is 1.25 bits per heavy atom. The Morgan fingerprint density at radius 3 is 2.70 bits per heavy atom.